The number of carbonyl (C=O) groups is 4. The molecule has 0 amide bonds. The first kappa shape index (κ1) is 23.9. The van der Waals surface area contributed by atoms with Crippen molar-refractivity contribution >= 4 is 23.7 Å². The summed E-state index contributed by atoms with van der Waals surface area (Å²) in [4.78, 5) is 50.5. The highest BCUT2D eigenvalue weighted by Crippen LogP contribution is 2.45. The van der Waals surface area contributed by atoms with E-state index in [0.717, 1.165) is 6.92 Å². The summed E-state index contributed by atoms with van der Waals surface area (Å²) < 4.78 is 22.1. The molecule has 0 radical (unpaired) electrons. The Morgan fingerprint density at radius 2 is 1.69 bits per heavy atom. The fourth-order valence-electron chi connectivity index (χ4n) is 4.21. The SMILES string of the molecule is C=C(C)C(=O)O[C@H]1[C@H]2C(=C)C(=O)O[C@@H]2C[C@@H](C)[C@@H]2O[C@@H]2C(=O)[C@](C)(O)[C@@H]1OC(=O)C(=C)C. The zero-order valence-electron chi connectivity index (χ0n) is 18.6. The lowest BCUT2D eigenvalue weighted by Gasteiger charge is -2.40. The summed E-state index contributed by atoms with van der Waals surface area (Å²) in [5.41, 5.74) is -2.31. The van der Waals surface area contributed by atoms with Gasteiger partial charge in [-0.15, -0.1) is 0 Å². The van der Waals surface area contributed by atoms with Gasteiger partial charge in [0.1, 0.15) is 12.2 Å². The second-order valence-corrected chi connectivity index (χ2v) is 9.00. The molecule has 3 rings (SSSR count). The average Bonchev–Trinajstić information content (AvgIpc) is 3.45. The minimum atomic E-state index is -2.32. The molecule has 8 atom stereocenters. The van der Waals surface area contributed by atoms with E-state index in [4.69, 9.17) is 18.9 Å². The number of ether oxygens (including phenoxy) is 4. The number of carbonyl (C=O) groups excluding carboxylic acids is 4. The number of esters is 3. The molecule has 2 heterocycles. The molecule has 9 nitrogen and oxygen atoms in total. The zero-order chi connectivity index (χ0) is 24.1. The second-order valence-electron chi connectivity index (χ2n) is 9.00. The van der Waals surface area contributed by atoms with Crippen LogP contribution in [0.1, 0.15) is 34.1 Å². The molecule has 0 aromatic heterocycles. The topological polar surface area (TPSA) is 129 Å². The van der Waals surface area contributed by atoms with Crippen LogP contribution in [0, 0.1) is 11.8 Å². The maximum absolute atomic E-state index is 13.2. The minimum absolute atomic E-state index is 0.00128. The first-order valence-electron chi connectivity index (χ1n) is 10.3. The molecular weight excluding hydrogens is 420 g/mol. The van der Waals surface area contributed by atoms with Crippen LogP contribution < -0.4 is 0 Å². The summed E-state index contributed by atoms with van der Waals surface area (Å²) >= 11 is 0. The van der Waals surface area contributed by atoms with Crippen LogP contribution in [0.15, 0.2) is 36.5 Å². The molecular formula is C23H28O9. The van der Waals surface area contributed by atoms with E-state index in [1.54, 1.807) is 0 Å². The Morgan fingerprint density at radius 3 is 2.25 bits per heavy atom. The van der Waals surface area contributed by atoms with E-state index in [-0.39, 0.29) is 29.1 Å². The Kier molecular flexibility index (Phi) is 6.19. The number of ketones is 1. The summed E-state index contributed by atoms with van der Waals surface area (Å²) in [5, 5.41) is 11.3. The van der Waals surface area contributed by atoms with Crippen LogP contribution in [0.5, 0.6) is 0 Å². The molecule has 1 aliphatic carbocycles. The number of Topliss-reactive ketones (excluding diaryl/α,β-unsaturated/α-hetero) is 1. The molecule has 0 aromatic carbocycles. The van der Waals surface area contributed by atoms with E-state index in [1.165, 1.54) is 13.8 Å². The molecule has 3 aliphatic rings. The Hall–Kier alpha value is -2.78. The summed E-state index contributed by atoms with van der Waals surface area (Å²) in [7, 11) is 0. The van der Waals surface area contributed by atoms with Gasteiger partial charge < -0.3 is 24.1 Å². The molecule has 3 fully saturated rings. The normalized spacial score (nSPS) is 38.7. The molecule has 2 saturated heterocycles. The Bertz CT molecular complexity index is 914. The van der Waals surface area contributed by atoms with Crippen LogP contribution in [0.3, 0.4) is 0 Å². The van der Waals surface area contributed by atoms with Gasteiger partial charge in [0.05, 0.1) is 12.0 Å². The van der Waals surface area contributed by atoms with Gasteiger partial charge >= 0.3 is 17.9 Å². The molecule has 2 aliphatic heterocycles. The first-order chi connectivity index (χ1) is 14.8. The third-order valence-corrected chi connectivity index (χ3v) is 6.15. The largest absolute Gasteiger partial charge is 0.458 e. The van der Waals surface area contributed by atoms with Crippen molar-refractivity contribution in [1.29, 1.82) is 0 Å². The fraction of sp³-hybridized carbons (Fsp3) is 0.565. The number of epoxide rings is 1. The van der Waals surface area contributed by atoms with Gasteiger partial charge in [-0.25, -0.2) is 14.4 Å². The lowest BCUT2D eigenvalue weighted by Crippen LogP contribution is -2.60. The van der Waals surface area contributed by atoms with Gasteiger partial charge in [0.15, 0.2) is 23.6 Å². The molecule has 32 heavy (non-hydrogen) atoms. The Balaban J connectivity index is 2.16. The van der Waals surface area contributed by atoms with Crippen LogP contribution >= 0.6 is 0 Å². The number of fused-ring (bicyclic) bond motifs is 2. The molecule has 174 valence electrons. The second kappa shape index (κ2) is 8.29. The van der Waals surface area contributed by atoms with Crippen molar-refractivity contribution < 1.29 is 43.2 Å². The van der Waals surface area contributed by atoms with Gasteiger partial charge in [0, 0.05) is 16.7 Å². The van der Waals surface area contributed by atoms with Gasteiger partial charge in [-0.1, -0.05) is 26.7 Å². The Labute approximate surface area is 186 Å². The highest BCUT2D eigenvalue weighted by Gasteiger charge is 2.63. The van der Waals surface area contributed by atoms with Crippen molar-refractivity contribution in [3.05, 3.63) is 36.5 Å². The number of hydrogen-bond donors (Lipinski definition) is 1. The van der Waals surface area contributed by atoms with Crippen molar-refractivity contribution in [3.63, 3.8) is 0 Å². The maximum Gasteiger partial charge on any atom is 0.334 e. The Morgan fingerprint density at radius 1 is 1.12 bits per heavy atom. The van der Waals surface area contributed by atoms with E-state index < -0.39 is 65.7 Å². The zero-order valence-corrected chi connectivity index (χ0v) is 18.6. The summed E-state index contributed by atoms with van der Waals surface area (Å²) in [5.74, 6) is -4.38. The van der Waals surface area contributed by atoms with E-state index in [0.29, 0.717) is 0 Å². The highest BCUT2D eigenvalue weighted by atomic mass is 16.6. The van der Waals surface area contributed by atoms with Crippen LogP contribution in [-0.4, -0.2) is 64.9 Å². The smallest absolute Gasteiger partial charge is 0.334 e. The molecule has 0 spiro atoms. The monoisotopic (exact) mass is 448 g/mol. The number of hydrogen-bond acceptors (Lipinski definition) is 9. The van der Waals surface area contributed by atoms with E-state index in [2.05, 4.69) is 19.7 Å². The first-order valence-corrected chi connectivity index (χ1v) is 10.3. The molecule has 1 saturated carbocycles. The van der Waals surface area contributed by atoms with Gasteiger partial charge in [0.25, 0.3) is 0 Å². The van der Waals surface area contributed by atoms with E-state index in [1.807, 2.05) is 6.92 Å². The molecule has 1 N–H and O–H groups in total. The third-order valence-electron chi connectivity index (χ3n) is 6.15. The van der Waals surface area contributed by atoms with Crippen molar-refractivity contribution in [2.75, 3.05) is 0 Å². The predicted molar refractivity (Wildman–Crippen MR) is 110 cm³/mol. The lowest BCUT2D eigenvalue weighted by molar-refractivity contribution is -0.195. The quantitative estimate of drug-likeness (QED) is 0.292. The number of rotatable bonds is 4. The third kappa shape index (κ3) is 4.14. The maximum atomic E-state index is 13.2. The van der Waals surface area contributed by atoms with Crippen molar-refractivity contribution in [3.8, 4) is 0 Å². The summed E-state index contributed by atoms with van der Waals surface area (Å²) in [6.07, 6.45) is -5.09. The van der Waals surface area contributed by atoms with Crippen LogP contribution in [0.2, 0.25) is 0 Å². The van der Waals surface area contributed by atoms with Crippen LogP contribution in [-0.2, 0) is 38.1 Å². The van der Waals surface area contributed by atoms with Gasteiger partial charge in [-0.3, -0.25) is 4.79 Å². The highest BCUT2D eigenvalue weighted by molar-refractivity contribution is 5.95. The van der Waals surface area contributed by atoms with Gasteiger partial charge in [0.2, 0.25) is 0 Å². The molecule has 0 aromatic rings. The minimum Gasteiger partial charge on any atom is -0.458 e. The van der Waals surface area contributed by atoms with Crippen molar-refractivity contribution in [2.45, 2.75) is 70.2 Å². The molecule has 9 heteroatoms. The average molecular weight is 448 g/mol. The summed E-state index contributed by atoms with van der Waals surface area (Å²) in [6.45, 7) is 16.6. The molecule has 0 unspecified atom stereocenters. The van der Waals surface area contributed by atoms with Gasteiger partial charge in [-0.05, 0) is 33.1 Å². The fourth-order valence-corrected chi connectivity index (χ4v) is 4.21. The van der Waals surface area contributed by atoms with Crippen molar-refractivity contribution in [2.24, 2.45) is 11.8 Å². The predicted octanol–water partition coefficient (Wildman–Crippen LogP) is 1.19. The van der Waals surface area contributed by atoms with E-state index in [9.17, 15) is 24.3 Å². The standard InChI is InChI=1S/C23H28O9/c1-9(2)20(25)31-16-14-12(6)22(27)29-13(14)8-11(5)15-17(30-15)18(24)23(7,28)19(16)32-21(26)10(3)4/h11,13-17,19,28H,1,3,6,8H2,2,4-5,7H3/t11-,13-,14+,15+,16+,17+,19-,23+/m1/s1. The molecule has 0 bridgehead atoms. The van der Waals surface area contributed by atoms with Crippen molar-refractivity contribution in [1.82, 2.24) is 0 Å². The lowest BCUT2D eigenvalue weighted by atomic mass is 9.75. The van der Waals surface area contributed by atoms with Crippen LogP contribution in [0.4, 0.5) is 0 Å². The number of aliphatic hydroxyl groups is 1. The van der Waals surface area contributed by atoms with E-state index >= 15 is 0 Å². The summed E-state index contributed by atoms with van der Waals surface area (Å²) in [6, 6.07) is 0. The van der Waals surface area contributed by atoms with Gasteiger partial charge in [-0.2, -0.15) is 0 Å². The van der Waals surface area contributed by atoms with Crippen LogP contribution in [0.25, 0.3) is 0 Å².